The molecule has 0 aliphatic carbocycles. The molecule has 1 saturated heterocycles. The number of hydrogen-bond donors (Lipinski definition) is 1. The van der Waals surface area contributed by atoms with Crippen molar-refractivity contribution in [2.75, 3.05) is 13.1 Å². The molecule has 1 N–H and O–H groups in total. The number of rotatable bonds is 2. The Morgan fingerprint density at radius 1 is 1.40 bits per heavy atom. The SMILES string of the molecule is Fc1cccc2nnc(CC3CNC3)n12. The zero-order chi connectivity index (χ0) is 10.3. The van der Waals surface area contributed by atoms with Crippen molar-refractivity contribution in [2.24, 2.45) is 5.92 Å². The lowest BCUT2D eigenvalue weighted by Gasteiger charge is -2.26. The molecule has 3 heterocycles. The third-order valence-corrected chi connectivity index (χ3v) is 2.79. The van der Waals surface area contributed by atoms with Gasteiger partial charge in [0.1, 0.15) is 5.82 Å². The van der Waals surface area contributed by atoms with Crippen LogP contribution in [-0.4, -0.2) is 27.7 Å². The summed E-state index contributed by atoms with van der Waals surface area (Å²) in [6.45, 7) is 1.98. The molecule has 0 bridgehead atoms. The van der Waals surface area contributed by atoms with Gasteiger partial charge in [-0.3, -0.25) is 4.40 Å². The second-order valence-corrected chi connectivity index (χ2v) is 3.89. The molecule has 15 heavy (non-hydrogen) atoms. The minimum atomic E-state index is -0.292. The molecule has 0 radical (unpaired) electrons. The predicted octanol–water partition coefficient (Wildman–Crippen LogP) is 0.630. The second-order valence-electron chi connectivity index (χ2n) is 3.89. The largest absolute Gasteiger partial charge is 0.316 e. The van der Waals surface area contributed by atoms with Crippen molar-refractivity contribution in [3.8, 4) is 0 Å². The highest BCUT2D eigenvalue weighted by atomic mass is 19.1. The molecular formula is C10H11FN4. The monoisotopic (exact) mass is 206 g/mol. The van der Waals surface area contributed by atoms with Gasteiger partial charge in [0.05, 0.1) is 0 Å². The summed E-state index contributed by atoms with van der Waals surface area (Å²) in [7, 11) is 0. The first kappa shape index (κ1) is 8.79. The van der Waals surface area contributed by atoms with Crippen LogP contribution in [-0.2, 0) is 6.42 Å². The Morgan fingerprint density at radius 2 is 2.27 bits per heavy atom. The fraction of sp³-hybridized carbons (Fsp3) is 0.400. The summed E-state index contributed by atoms with van der Waals surface area (Å²) >= 11 is 0. The molecule has 0 saturated carbocycles. The fourth-order valence-corrected chi connectivity index (χ4v) is 1.84. The second kappa shape index (κ2) is 3.27. The lowest BCUT2D eigenvalue weighted by molar-refractivity contribution is 0.338. The third kappa shape index (κ3) is 1.39. The van der Waals surface area contributed by atoms with E-state index >= 15 is 0 Å². The average Bonchev–Trinajstić information content (AvgIpc) is 2.56. The molecule has 2 aromatic rings. The van der Waals surface area contributed by atoms with Crippen LogP contribution in [0.1, 0.15) is 5.82 Å². The van der Waals surface area contributed by atoms with Crippen molar-refractivity contribution in [3.63, 3.8) is 0 Å². The predicted molar refractivity (Wildman–Crippen MR) is 53.0 cm³/mol. The molecule has 78 valence electrons. The maximum absolute atomic E-state index is 13.5. The van der Waals surface area contributed by atoms with Crippen molar-refractivity contribution >= 4 is 5.65 Å². The van der Waals surface area contributed by atoms with E-state index in [1.165, 1.54) is 10.5 Å². The lowest BCUT2D eigenvalue weighted by atomic mass is 9.99. The standard InChI is InChI=1S/C10H11FN4/c11-8-2-1-3-9-13-14-10(15(8)9)4-7-5-12-6-7/h1-3,7,12H,4-6H2. The molecule has 3 rings (SSSR count). The molecule has 0 unspecified atom stereocenters. The van der Waals surface area contributed by atoms with Crippen molar-refractivity contribution in [3.05, 3.63) is 30.0 Å². The summed E-state index contributed by atoms with van der Waals surface area (Å²) in [6.07, 6.45) is 0.787. The third-order valence-electron chi connectivity index (χ3n) is 2.79. The molecule has 0 aromatic carbocycles. The normalized spacial score (nSPS) is 16.9. The first-order valence-corrected chi connectivity index (χ1v) is 5.04. The van der Waals surface area contributed by atoms with Crippen LogP contribution >= 0.6 is 0 Å². The van der Waals surface area contributed by atoms with Gasteiger partial charge < -0.3 is 5.32 Å². The number of halogens is 1. The van der Waals surface area contributed by atoms with Crippen LogP contribution in [0, 0.1) is 11.9 Å². The zero-order valence-corrected chi connectivity index (χ0v) is 8.15. The van der Waals surface area contributed by atoms with Gasteiger partial charge >= 0.3 is 0 Å². The Hall–Kier alpha value is -1.49. The van der Waals surface area contributed by atoms with Crippen LogP contribution in [0.4, 0.5) is 4.39 Å². The number of fused-ring (bicyclic) bond motifs is 1. The molecule has 1 fully saturated rings. The summed E-state index contributed by atoms with van der Waals surface area (Å²) in [4.78, 5) is 0. The van der Waals surface area contributed by atoms with Crippen molar-refractivity contribution in [2.45, 2.75) is 6.42 Å². The van der Waals surface area contributed by atoms with Crippen LogP contribution in [0.3, 0.4) is 0 Å². The maximum atomic E-state index is 13.5. The summed E-state index contributed by atoms with van der Waals surface area (Å²) < 4.78 is 15.0. The molecule has 1 aliphatic heterocycles. The van der Waals surface area contributed by atoms with Gasteiger partial charge in [0.25, 0.3) is 0 Å². The number of hydrogen-bond acceptors (Lipinski definition) is 3. The average molecular weight is 206 g/mol. The Labute approximate surface area is 86.1 Å². The number of nitrogens with zero attached hydrogens (tertiary/aromatic N) is 3. The summed E-state index contributed by atoms with van der Waals surface area (Å²) in [5.74, 6) is 0.992. The molecule has 0 atom stereocenters. The van der Waals surface area contributed by atoms with Crippen LogP contribution in [0.15, 0.2) is 18.2 Å². The number of aromatic nitrogens is 3. The Morgan fingerprint density at radius 3 is 3.00 bits per heavy atom. The van der Waals surface area contributed by atoms with Gasteiger partial charge in [-0.15, -0.1) is 10.2 Å². The van der Waals surface area contributed by atoms with Gasteiger partial charge in [0.15, 0.2) is 5.65 Å². The number of nitrogens with one attached hydrogen (secondary N) is 1. The highest BCUT2D eigenvalue weighted by molar-refractivity contribution is 5.37. The van der Waals surface area contributed by atoms with Gasteiger partial charge in [-0.25, -0.2) is 0 Å². The van der Waals surface area contributed by atoms with E-state index in [0.717, 1.165) is 25.3 Å². The van der Waals surface area contributed by atoms with E-state index in [0.29, 0.717) is 11.6 Å². The summed E-state index contributed by atoms with van der Waals surface area (Å²) in [5.41, 5.74) is 0.581. The van der Waals surface area contributed by atoms with Crippen molar-refractivity contribution < 1.29 is 4.39 Å². The first-order chi connectivity index (χ1) is 7.34. The maximum Gasteiger partial charge on any atom is 0.200 e. The Balaban J connectivity index is 2.02. The Bertz CT molecular complexity index is 489. The van der Waals surface area contributed by atoms with Crippen LogP contribution < -0.4 is 5.32 Å². The van der Waals surface area contributed by atoms with E-state index in [4.69, 9.17) is 0 Å². The van der Waals surface area contributed by atoms with Gasteiger partial charge in [0.2, 0.25) is 5.95 Å². The molecule has 1 aliphatic rings. The topological polar surface area (TPSA) is 42.2 Å². The highest BCUT2D eigenvalue weighted by Crippen LogP contribution is 2.13. The van der Waals surface area contributed by atoms with Crippen molar-refractivity contribution in [1.82, 2.24) is 19.9 Å². The summed E-state index contributed by atoms with van der Waals surface area (Å²) in [5, 5.41) is 11.2. The highest BCUT2D eigenvalue weighted by Gasteiger charge is 2.20. The number of pyridine rings is 1. The smallest absolute Gasteiger partial charge is 0.200 e. The molecule has 0 amide bonds. The van der Waals surface area contributed by atoms with E-state index in [-0.39, 0.29) is 5.95 Å². The quantitative estimate of drug-likeness (QED) is 0.733. The first-order valence-electron chi connectivity index (χ1n) is 5.04. The summed E-state index contributed by atoms with van der Waals surface area (Å²) in [6, 6.07) is 4.84. The molecular weight excluding hydrogens is 195 g/mol. The van der Waals surface area contributed by atoms with E-state index in [1.54, 1.807) is 12.1 Å². The van der Waals surface area contributed by atoms with Gasteiger partial charge in [-0.05, 0) is 31.1 Å². The van der Waals surface area contributed by atoms with Gasteiger partial charge in [-0.1, -0.05) is 6.07 Å². The van der Waals surface area contributed by atoms with Crippen LogP contribution in [0.5, 0.6) is 0 Å². The molecule has 0 spiro atoms. The van der Waals surface area contributed by atoms with E-state index in [9.17, 15) is 4.39 Å². The van der Waals surface area contributed by atoms with E-state index < -0.39 is 0 Å². The molecule has 4 nitrogen and oxygen atoms in total. The van der Waals surface area contributed by atoms with Gasteiger partial charge in [-0.2, -0.15) is 4.39 Å². The van der Waals surface area contributed by atoms with Crippen LogP contribution in [0.2, 0.25) is 0 Å². The molecule has 5 heteroatoms. The fourth-order valence-electron chi connectivity index (χ4n) is 1.84. The van der Waals surface area contributed by atoms with Gasteiger partial charge in [0, 0.05) is 6.42 Å². The zero-order valence-electron chi connectivity index (χ0n) is 8.15. The minimum Gasteiger partial charge on any atom is -0.316 e. The van der Waals surface area contributed by atoms with E-state index in [2.05, 4.69) is 15.5 Å². The van der Waals surface area contributed by atoms with Crippen LogP contribution in [0.25, 0.3) is 5.65 Å². The van der Waals surface area contributed by atoms with E-state index in [1.807, 2.05) is 0 Å². The lowest BCUT2D eigenvalue weighted by Crippen LogP contribution is -2.43. The minimum absolute atomic E-state index is 0.292. The molecule has 2 aromatic heterocycles. The Kier molecular flexibility index (Phi) is 1.92. The van der Waals surface area contributed by atoms with Crippen molar-refractivity contribution in [1.29, 1.82) is 0 Å².